The van der Waals surface area contributed by atoms with Gasteiger partial charge in [-0.05, 0) is 18.4 Å². The zero-order valence-corrected chi connectivity index (χ0v) is 9.64. The van der Waals surface area contributed by atoms with Crippen molar-refractivity contribution >= 4 is 40.7 Å². The highest BCUT2D eigenvalue weighted by atomic mass is 35.5. The number of benzene rings is 1. The fraction of sp³-hybridized carbons (Fsp3) is 0.333. The number of anilines is 1. The largest absolute Gasteiger partial charge is 0.382 e. The first kappa shape index (κ1) is 11.0. The molecule has 0 aromatic heterocycles. The van der Waals surface area contributed by atoms with E-state index in [1.165, 1.54) is 0 Å². The topological polar surface area (TPSA) is 12.0 Å². The van der Waals surface area contributed by atoms with Crippen LogP contribution in [0.5, 0.6) is 0 Å². The van der Waals surface area contributed by atoms with Gasteiger partial charge in [-0.15, -0.1) is 0 Å². The zero-order chi connectivity index (χ0) is 9.68. The number of thioether (sulfide) groups is 1. The molecule has 1 rings (SSSR count). The van der Waals surface area contributed by atoms with E-state index < -0.39 is 0 Å². The lowest BCUT2D eigenvalue weighted by Gasteiger charge is -2.08. The molecule has 0 fully saturated rings. The molecule has 0 spiro atoms. The molecule has 0 aliphatic rings. The van der Waals surface area contributed by atoms with Crippen LogP contribution in [0, 0.1) is 0 Å². The summed E-state index contributed by atoms with van der Waals surface area (Å²) < 4.78 is 0. The van der Waals surface area contributed by atoms with Crippen LogP contribution in [0.1, 0.15) is 0 Å². The Kier molecular flexibility index (Phi) is 4.78. The van der Waals surface area contributed by atoms with Crippen LogP contribution in [0.2, 0.25) is 10.0 Å². The average molecular weight is 236 g/mol. The Morgan fingerprint density at radius 1 is 1.31 bits per heavy atom. The Bertz CT molecular complexity index is 258. The molecule has 0 saturated heterocycles. The molecule has 1 N–H and O–H groups in total. The summed E-state index contributed by atoms with van der Waals surface area (Å²) in [4.78, 5) is 0. The van der Waals surface area contributed by atoms with Crippen molar-refractivity contribution in [1.82, 2.24) is 0 Å². The molecule has 0 amide bonds. The van der Waals surface area contributed by atoms with Crippen molar-refractivity contribution in [1.29, 1.82) is 0 Å². The minimum atomic E-state index is 0.675. The first-order valence-corrected chi connectivity index (χ1v) is 6.07. The first-order valence-electron chi connectivity index (χ1n) is 3.92. The van der Waals surface area contributed by atoms with Crippen molar-refractivity contribution in [3.8, 4) is 0 Å². The fourth-order valence-electron chi connectivity index (χ4n) is 0.945. The SMILES string of the molecule is CSCCNc1c(Cl)cccc1Cl. The second-order valence-electron chi connectivity index (χ2n) is 2.52. The van der Waals surface area contributed by atoms with Gasteiger partial charge in [0, 0.05) is 12.3 Å². The molecule has 0 aliphatic carbocycles. The van der Waals surface area contributed by atoms with Crippen molar-refractivity contribution in [2.24, 2.45) is 0 Å². The van der Waals surface area contributed by atoms with Crippen LogP contribution in [0.25, 0.3) is 0 Å². The van der Waals surface area contributed by atoms with E-state index in [9.17, 15) is 0 Å². The van der Waals surface area contributed by atoms with Gasteiger partial charge in [-0.1, -0.05) is 29.3 Å². The van der Waals surface area contributed by atoms with E-state index in [4.69, 9.17) is 23.2 Å². The van der Waals surface area contributed by atoms with Gasteiger partial charge in [0.05, 0.1) is 15.7 Å². The van der Waals surface area contributed by atoms with Crippen LogP contribution >= 0.6 is 35.0 Å². The molecule has 13 heavy (non-hydrogen) atoms. The molecule has 1 aromatic carbocycles. The monoisotopic (exact) mass is 235 g/mol. The van der Waals surface area contributed by atoms with Gasteiger partial charge in [0.2, 0.25) is 0 Å². The normalized spacial score (nSPS) is 10.1. The van der Waals surface area contributed by atoms with Gasteiger partial charge < -0.3 is 5.32 Å². The third-order valence-corrected chi connectivity index (χ3v) is 2.81. The van der Waals surface area contributed by atoms with E-state index in [1.807, 2.05) is 18.2 Å². The molecule has 72 valence electrons. The summed E-state index contributed by atoms with van der Waals surface area (Å²) >= 11 is 13.7. The molecule has 0 radical (unpaired) electrons. The van der Waals surface area contributed by atoms with Crippen molar-refractivity contribution in [2.75, 3.05) is 23.9 Å². The van der Waals surface area contributed by atoms with Gasteiger partial charge in [0.15, 0.2) is 0 Å². The molecule has 0 heterocycles. The number of hydrogen-bond acceptors (Lipinski definition) is 2. The molecule has 0 bridgehead atoms. The summed E-state index contributed by atoms with van der Waals surface area (Å²) in [5.74, 6) is 1.04. The molecule has 0 saturated carbocycles. The minimum absolute atomic E-state index is 0.675. The van der Waals surface area contributed by atoms with Gasteiger partial charge in [-0.25, -0.2) is 0 Å². The first-order chi connectivity index (χ1) is 6.25. The number of halogens is 2. The van der Waals surface area contributed by atoms with E-state index in [0.717, 1.165) is 18.0 Å². The second-order valence-corrected chi connectivity index (χ2v) is 4.32. The Labute approximate surface area is 92.8 Å². The maximum atomic E-state index is 5.95. The molecule has 0 aliphatic heterocycles. The number of para-hydroxylation sites is 1. The molecule has 1 aromatic rings. The van der Waals surface area contributed by atoms with Crippen molar-refractivity contribution in [2.45, 2.75) is 0 Å². The van der Waals surface area contributed by atoms with E-state index in [2.05, 4.69) is 11.6 Å². The van der Waals surface area contributed by atoms with E-state index >= 15 is 0 Å². The Hall–Kier alpha value is -0.0500. The van der Waals surface area contributed by atoms with Crippen LogP contribution in [0.4, 0.5) is 5.69 Å². The van der Waals surface area contributed by atoms with Gasteiger partial charge in [0.25, 0.3) is 0 Å². The van der Waals surface area contributed by atoms with E-state index in [1.54, 1.807) is 11.8 Å². The van der Waals surface area contributed by atoms with Gasteiger partial charge in [-0.2, -0.15) is 11.8 Å². The number of nitrogens with one attached hydrogen (secondary N) is 1. The number of hydrogen-bond donors (Lipinski definition) is 1. The highest BCUT2D eigenvalue weighted by Crippen LogP contribution is 2.29. The summed E-state index contributed by atoms with van der Waals surface area (Å²) in [5.41, 5.74) is 0.833. The van der Waals surface area contributed by atoms with Crippen molar-refractivity contribution in [3.05, 3.63) is 28.2 Å². The lowest BCUT2D eigenvalue weighted by Crippen LogP contribution is -2.04. The predicted molar refractivity (Wildman–Crippen MR) is 63.3 cm³/mol. The quantitative estimate of drug-likeness (QED) is 0.798. The van der Waals surface area contributed by atoms with Crippen LogP contribution in [-0.2, 0) is 0 Å². The molecular formula is C9H11Cl2NS. The Morgan fingerprint density at radius 2 is 1.92 bits per heavy atom. The predicted octanol–water partition coefficient (Wildman–Crippen LogP) is 3.77. The maximum absolute atomic E-state index is 5.95. The zero-order valence-electron chi connectivity index (χ0n) is 7.31. The maximum Gasteiger partial charge on any atom is 0.0719 e. The molecular weight excluding hydrogens is 225 g/mol. The van der Waals surface area contributed by atoms with Crippen molar-refractivity contribution in [3.63, 3.8) is 0 Å². The van der Waals surface area contributed by atoms with Crippen molar-refractivity contribution < 1.29 is 0 Å². The van der Waals surface area contributed by atoms with Crippen LogP contribution in [0.15, 0.2) is 18.2 Å². The van der Waals surface area contributed by atoms with E-state index in [-0.39, 0.29) is 0 Å². The van der Waals surface area contributed by atoms with Crippen LogP contribution in [0.3, 0.4) is 0 Å². The summed E-state index contributed by atoms with van der Waals surface area (Å²) in [6.07, 6.45) is 2.07. The van der Waals surface area contributed by atoms with Crippen LogP contribution in [-0.4, -0.2) is 18.6 Å². The van der Waals surface area contributed by atoms with E-state index in [0.29, 0.717) is 10.0 Å². The van der Waals surface area contributed by atoms with Gasteiger partial charge in [0.1, 0.15) is 0 Å². The Balaban J connectivity index is 2.64. The third kappa shape index (κ3) is 3.29. The lowest BCUT2D eigenvalue weighted by molar-refractivity contribution is 1.23. The highest BCUT2D eigenvalue weighted by Gasteiger charge is 2.02. The van der Waals surface area contributed by atoms with Crippen LogP contribution < -0.4 is 5.32 Å². The summed E-state index contributed by atoms with van der Waals surface area (Å²) in [5, 5.41) is 4.55. The lowest BCUT2D eigenvalue weighted by atomic mass is 10.3. The summed E-state index contributed by atoms with van der Waals surface area (Å²) in [6, 6.07) is 5.49. The second kappa shape index (κ2) is 5.63. The molecule has 0 atom stereocenters. The molecule has 4 heteroatoms. The van der Waals surface area contributed by atoms with Gasteiger partial charge >= 0.3 is 0 Å². The molecule has 1 nitrogen and oxygen atoms in total. The highest BCUT2D eigenvalue weighted by molar-refractivity contribution is 7.98. The Morgan fingerprint density at radius 3 is 2.46 bits per heavy atom. The summed E-state index contributed by atoms with van der Waals surface area (Å²) in [6.45, 7) is 0.880. The summed E-state index contributed by atoms with van der Waals surface area (Å²) in [7, 11) is 0. The number of rotatable bonds is 4. The smallest absolute Gasteiger partial charge is 0.0719 e. The minimum Gasteiger partial charge on any atom is -0.382 e. The fourth-order valence-corrected chi connectivity index (χ4v) is 1.78. The third-order valence-electron chi connectivity index (χ3n) is 1.57. The standard InChI is InChI=1S/C9H11Cl2NS/c1-13-6-5-12-9-7(10)3-2-4-8(9)11/h2-4,12H,5-6H2,1H3. The molecule has 0 unspecified atom stereocenters. The average Bonchev–Trinajstić information content (AvgIpc) is 2.10. The van der Waals surface area contributed by atoms with Gasteiger partial charge in [-0.3, -0.25) is 0 Å².